The van der Waals surface area contributed by atoms with Crippen molar-refractivity contribution in [1.82, 2.24) is 25.1 Å². The van der Waals surface area contributed by atoms with Gasteiger partial charge in [0.25, 0.3) is 5.91 Å². The number of rotatable bonds is 4. The van der Waals surface area contributed by atoms with Gasteiger partial charge >= 0.3 is 0 Å². The highest BCUT2D eigenvalue weighted by Crippen LogP contribution is 2.30. The van der Waals surface area contributed by atoms with Crippen LogP contribution in [-0.4, -0.2) is 44.1 Å². The van der Waals surface area contributed by atoms with Crippen molar-refractivity contribution in [3.63, 3.8) is 0 Å². The summed E-state index contributed by atoms with van der Waals surface area (Å²) in [5.74, 6) is 0.545. The molecule has 144 valence electrons. The zero-order chi connectivity index (χ0) is 19.7. The predicted octanol–water partition coefficient (Wildman–Crippen LogP) is 3.93. The van der Waals surface area contributed by atoms with Crippen molar-refractivity contribution in [1.29, 1.82) is 0 Å². The first kappa shape index (κ1) is 18.3. The zero-order valence-corrected chi connectivity index (χ0v) is 16.5. The van der Waals surface area contributed by atoms with E-state index in [-0.39, 0.29) is 11.8 Å². The Morgan fingerprint density at radius 2 is 2.11 bits per heavy atom. The molecular weight excluding hydrogens is 350 g/mol. The Hall–Kier alpha value is -3.02. The second kappa shape index (κ2) is 7.54. The number of amides is 1. The first-order chi connectivity index (χ1) is 13.5. The van der Waals surface area contributed by atoms with Gasteiger partial charge in [0.15, 0.2) is 0 Å². The molecule has 3 aromatic heterocycles. The molecule has 1 atom stereocenters. The molecule has 1 amide bonds. The Morgan fingerprint density at radius 3 is 2.82 bits per heavy atom. The van der Waals surface area contributed by atoms with E-state index < -0.39 is 0 Å². The third kappa shape index (κ3) is 3.67. The van der Waals surface area contributed by atoms with Crippen LogP contribution in [0.1, 0.15) is 59.7 Å². The van der Waals surface area contributed by atoms with Gasteiger partial charge in [0.2, 0.25) is 0 Å². The van der Waals surface area contributed by atoms with Crippen molar-refractivity contribution in [3.05, 3.63) is 65.4 Å². The van der Waals surface area contributed by atoms with Crippen molar-refractivity contribution in [2.24, 2.45) is 0 Å². The maximum absolute atomic E-state index is 12.8. The lowest BCUT2D eigenvalue weighted by Crippen LogP contribution is -2.28. The first-order valence-electron chi connectivity index (χ1n) is 9.76. The molecule has 6 heteroatoms. The average molecular weight is 375 g/mol. The minimum atomic E-state index is 0.0134. The molecule has 0 spiro atoms. The number of likely N-dealkylation sites (tertiary alicyclic amines) is 1. The van der Waals surface area contributed by atoms with Crippen LogP contribution in [0.15, 0.2) is 42.6 Å². The molecule has 28 heavy (non-hydrogen) atoms. The molecule has 4 rings (SSSR count). The molecule has 4 heterocycles. The molecule has 3 aromatic rings. The third-order valence-electron chi connectivity index (χ3n) is 5.25. The summed E-state index contributed by atoms with van der Waals surface area (Å²) in [5, 5.41) is 7.14. The largest absolute Gasteiger partial charge is 0.337 e. The van der Waals surface area contributed by atoms with Gasteiger partial charge in [0, 0.05) is 42.2 Å². The SMILES string of the molecule is Cc1cc(-c2ccccn2)cc(C2CCN(C(=O)c3cc(C(C)C)n[nH]3)C2)n1. The number of nitrogens with zero attached hydrogens (tertiary/aromatic N) is 4. The van der Waals surface area contributed by atoms with Gasteiger partial charge in [-0.3, -0.25) is 19.9 Å². The second-order valence-electron chi connectivity index (χ2n) is 7.73. The fraction of sp³-hybridized carbons (Fsp3) is 0.364. The number of pyridine rings is 2. The third-order valence-corrected chi connectivity index (χ3v) is 5.25. The normalized spacial score (nSPS) is 16.7. The van der Waals surface area contributed by atoms with Gasteiger partial charge in [-0.1, -0.05) is 19.9 Å². The van der Waals surface area contributed by atoms with E-state index in [1.165, 1.54) is 0 Å². The van der Waals surface area contributed by atoms with Crippen molar-refractivity contribution in [2.75, 3.05) is 13.1 Å². The van der Waals surface area contributed by atoms with Crippen LogP contribution in [0.2, 0.25) is 0 Å². The van der Waals surface area contributed by atoms with Gasteiger partial charge in [-0.25, -0.2) is 0 Å². The Bertz CT molecular complexity index is 980. The smallest absolute Gasteiger partial charge is 0.271 e. The van der Waals surface area contributed by atoms with Gasteiger partial charge in [-0.05, 0) is 49.6 Å². The van der Waals surface area contributed by atoms with Crippen molar-refractivity contribution >= 4 is 5.91 Å². The lowest BCUT2D eigenvalue weighted by molar-refractivity contribution is 0.0785. The Labute approximate surface area is 165 Å². The molecule has 1 unspecified atom stereocenters. The van der Waals surface area contributed by atoms with Gasteiger partial charge < -0.3 is 4.90 Å². The van der Waals surface area contributed by atoms with Gasteiger partial charge in [0.05, 0.1) is 11.4 Å². The van der Waals surface area contributed by atoms with Crippen LogP contribution in [0.25, 0.3) is 11.3 Å². The average Bonchev–Trinajstić information content (AvgIpc) is 3.38. The Balaban J connectivity index is 1.52. The van der Waals surface area contributed by atoms with E-state index in [2.05, 4.69) is 41.2 Å². The van der Waals surface area contributed by atoms with E-state index in [1.54, 1.807) is 6.20 Å². The van der Waals surface area contributed by atoms with Crippen molar-refractivity contribution in [3.8, 4) is 11.3 Å². The number of aromatic nitrogens is 4. The summed E-state index contributed by atoms with van der Waals surface area (Å²) in [7, 11) is 0. The van der Waals surface area contributed by atoms with Crippen LogP contribution in [0.4, 0.5) is 0 Å². The standard InChI is InChI=1S/C22H25N5O/c1-14(2)19-12-21(26-25-19)22(28)27-9-7-16(13-27)20-11-17(10-15(3)24-20)18-6-4-5-8-23-18/h4-6,8,10-12,14,16H,7,9,13H2,1-3H3,(H,25,26). The Morgan fingerprint density at radius 1 is 1.25 bits per heavy atom. The molecule has 1 aliphatic heterocycles. The van der Waals surface area contributed by atoms with Gasteiger partial charge in [0.1, 0.15) is 5.69 Å². The molecule has 1 aliphatic rings. The minimum Gasteiger partial charge on any atom is -0.337 e. The number of carbonyl (C=O) groups excluding carboxylic acids is 1. The van der Waals surface area contributed by atoms with E-state index in [4.69, 9.17) is 4.98 Å². The van der Waals surface area contributed by atoms with E-state index in [1.807, 2.05) is 36.1 Å². The predicted molar refractivity (Wildman–Crippen MR) is 108 cm³/mol. The number of hydrogen-bond donors (Lipinski definition) is 1. The van der Waals surface area contributed by atoms with Gasteiger partial charge in [-0.2, -0.15) is 5.10 Å². The molecule has 1 fully saturated rings. The quantitative estimate of drug-likeness (QED) is 0.750. The second-order valence-corrected chi connectivity index (χ2v) is 7.73. The molecule has 0 aromatic carbocycles. The molecule has 0 radical (unpaired) electrons. The number of H-pyrrole nitrogens is 1. The summed E-state index contributed by atoms with van der Waals surface area (Å²) in [4.78, 5) is 23.9. The summed E-state index contributed by atoms with van der Waals surface area (Å²) in [6.07, 6.45) is 2.71. The minimum absolute atomic E-state index is 0.0134. The number of aryl methyl sites for hydroxylation is 1. The van der Waals surface area contributed by atoms with Crippen LogP contribution in [0.5, 0.6) is 0 Å². The van der Waals surface area contributed by atoms with E-state index in [9.17, 15) is 4.79 Å². The molecule has 1 saturated heterocycles. The van der Waals surface area contributed by atoms with Gasteiger partial charge in [-0.15, -0.1) is 0 Å². The maximum atomic E-state index is 12.8. The summed E-state index contributed by atoms with van der Waals surface area (Å²) < 4.78 is 0. The number of hydrogen-bond acceptors (Lipinski definition) is 4. The lowest BCUT2D eigenvalue weighted by Gasteiger charge is -2.16. The summed E-state index contributed by atoms with van der Waals surface area (Å²) >= 11 is 0. The summed E-state index contributed by atoms with van der Waals surface area (Å²) in [6, 6.07) is 11.9. The zero-order valence-electron chi connectivity index (χ0n) is 16.5. The molecule has 1 N–H and O–H groups in total. The number of aromatic amines is 1. The highest BCUT2D eigenvalue weighted by Gasteiger charge is 2.30. The van der Waals surface area contributed by atoms with E-state index in [0.717, 1.165) is 41.3 Å². The van der Waals surface area contributed by atoms with Crippen LogP contribution in [0.3, 0.4) is 0 Å². The van der Waals surface area contributed by atoms with Crippen LogP contribution in [0, 0.1) is 6.92 Å². The molecule has 0 saturated carbocycles. The fourth-order valence-electron chi connectivity index (χ4n) is 3.68. The lowest BCUT2D eigenvalue weighted by atomic mass is 10.0. The van der Waals surface area contributed by atoms with Crippen molar-refractivity contribution in [2.45, 2.75) is 39.0 Å². The van der Waals surface area contributed by atoms with Crippen LogP contribution in [-0.2, 0) is 0 Å². The van der Waals surface area contributed by atoms with Crippen LogP contribution < -0.4 is 0 Å². The molecule has 6 nitrogen and oxygen atoms in total. The molecule has 0 bridgehead atoms. The topological polar surface area (TPSA) is 74.8 Å². The summed E-state index contributed by atoms with van der Waals surface area (Å²) in [5.41, 5.74) is 5.50. The van der Waals surface area contributed by atoms with Crippen molar-refractivity contribution < 1.29 is 4.79 Å². The van der Waals surface area contributed by atoms with Crippen LogP contribution >= 0.6 is 0 Å². The maximum Gasteiger partial charge on any atom is 0.271 e. The van der Waals surface area contributed by atoms with E-state index in [0.29, 0.717) is 18.2 Å². The first-order valence-corrected chi connectivity index (χ1v) is 9.76. The number of nitrogens with one attached hydrogen (secondary N) is 1. The highest BCUT2D eigenvalue weighted by atomic mass is 16.2. The molecule has 0 aliphatic carbocycles. The monoisotopic (exact) mass is 375 g/mol. The fourth-order valence-corrected chi connectivity index (χ4v) is 3.68. The number of carbonyl (C=O) groups is 1. The summed E-state index contributed by atoms with van der Waals surface area (Å²) in [6.45, 7) is 7.55. The highest BCUT2D eigenvalue weighted by molar-refractivity contribution is 5.92. The molecular formula is C22H25N5O. The Kier molecular flexibility index (Phi) is 4.94. The van der Waals surface area contributed by atoms with E-state index >= 15 is 0 Å².